The van der Waals surface area contributed by atoms with Crippen LogP contribution in [0.4, 0.5) is 17.3 Å². The topological polar surface area (TPSA) is 91.9 Å². The maximum absolute atomic E-state index is 6.70. The number of hydrogen-bond donors (Lipinski definition) is 2. The minimum absolute atomic E-state index is 0.465. The Labute approximate surface area is 229 Å². The summed E-state index contributed by atoms with van der Waals surface area (Å²) in [5.74, 6) is 1.20. The second-order valence-corrected chi connectivity index (χ2v) is 10.2. The van der Waals surface area contributed by atoms with Crippen molar-refractivity contribution in [2.24, 2.45) is 10.7 Å². The summed E-state index contributed by atoms with van der Waals surface area (Å²) in [5.41, 5.74) is 14.4. The molecular weight excluding hydrogens is 498 g/mol. The zero-order valence-corrected chi connectivity index (χ0v) is 23.1. The summed E-state index contributed by atoms with van der Waals surface area (Å²) in [4.78, 5) is 18.9. The molecule has 3 aromatic rings. The molecule has 198 valence electrons. The average Bonchev–Trinajstić information content (AvgIpc) is 2.93. The van der Waals surface area contributed by atoms with E-state index < -0.39 is 0 Å². The summed E-state index contributed by atoms with van der Waals surface area (Å²) in [6, 6.07) is 12.1. The summed E-state index contributed by atoms with van der Waals surface area (Å²) in [5, 5.41) is 4.02. The number of nitrogens with one attached hydrogen (secondary N) is 1. The smallest absolute Gasteiger partial charge is 0.227 e. The van der Waals surface area contributed by atoms with Gasteiger partial charge in [-0.2, -0.15) is 0 Å². The molecule has 0 amide bonds. The van der Waals surface area contributed by atoms with Crippen molar-refractivity contribution < 1.29 is 4.74 Å². The van der Waals surface area contributed by atoms with Crippen molar-refractivity contribution in [3.05, 3.63) is 75.7 Å². The van der Waals surface area contributed by atoms with Crippen LogP contribution in [0, 0.1) is 6.92 Å². The SMILES string of the molecule is CN=C(C1=C(N)CCc2cnc(Nc3ccc(N4CCN(C)CC4)cc3OC)nc21)c1cccc(C)c1Cl. The number of aryl methyl sites for hydroxylation is 2. The second kappa shape index (κ2) is 11.0. The number of nitrogens with two attached hydrogens (primary N) is 1. The van der Waals surface area contributed by atoms with E-state index in [4.69, 9.17) is 27.1 Å². The molecule has 0 unspecified atom stereocenters. The molecule has 0 saturated carbocycles. The number of aromatic nitrogens is 2. The van der Waals surface area contributed by atoms with E-state index in [1.165, 1.54) is 0 Å². The first-order chi connectivity index (χ1) is 18.4. The molecule has 2 heterocycles. The molecule has 0 atom stereocenters. The number of likely N-dealkylation sites (N-methyl/N-ethyl adjacent to an activating group) is 1. The molecule has 1 aliphatic heterocycles. The lowest BCUT2D eigenvalue weighted by molar-refractivity contribution is 0.312. The molecule has 1 aliphatic carbocycles. The first-order valence-electron chi connectivity index (χ1n) is 12.9. The number of anilines is 3. The monoisotopic (exact) mass is 531 g/mol. The van der Waals surface area contributed by atoms with Crippen molar-refractivity contribution in [3.63, 3.8) is 0 Å². The van der Waals surface area contributed by atoms with E-state index in [0.29, 0.717) is 17.4 Å². The van der Waals surface area contributed by atoms with E-state index in [2.05, 4.69) is 44.3 Å². The highest BCUT2D eigenvalue weighted by Crippen LogP contribution is 2.36. The van der Waals surface area contributed by atoms with Crippen molar-refractivity contribution >= 4 is 40.2 Å². The molecule has 0 spiro atoms. The predicted octanol–water partition coefficient (Wildman–Crippen LogP) is 4.68. The van der Waals surface area contributed by atoms with E-state index in [1.54, 1.807) is 14.2 Å². The third-order valence-corrected chi connectivity index (χ3v) is 7.80. The minimum Gasteiger partial charge on any atom is -0.494 e. The van der Waals surface area contributed by atoms with Gasteiger partial charge < -0.3 is 25.6 Å². The van der Waals surface area contributed by atoms with E-state index in [1.807, 2.05) is 37.4 Å². The molecule has 1 fully saturated rings. The molecule has 3 N–H and O–H groups in total. The van der Waals surface area contributed by atoms with Crippen LogP contribution < -0.4 is 20.7 Å². The number of nitrogens with zero attached hydrogens (tertiary/aromatic N) is 5. The van der Waals surface area contributed by atoms with Crippen molar-refractivity contribution in [3.8, 4) is 5.75 Å². The summed E-state index contributed by atoms with van der Waals surface area (Å²) in [7, 11) is 5.59. The van der Waals surface area contributed by atoms with Gasteiger partial charge in [-0.3, -0.25) is 4.99 Å². The van der Waals surface area contributed by atoms with Crippen LogP contribution in [0.15, 0.2) is 53.3 Å². The summed E-state index contributed by atoms with van der Waals surface area (Å²) < 4.78 is 5.74. The lowest BCUT2D eigenvalue weighted by Crippen LogP contribution is -2.44. The number of methoxy groups -OCH3 is 1. The Hall–Kier alpha value is -3.62. The number of allylic oxidation sites excluding steroid dienone is 2. The van der Waals surface area contributed by atoms with Gasteiger partial charge >= 0.3 is 0 Å². The number of halogens is 1. The number of benzene rings is 2. The standard InChI is InChI=1S/C29H34ClN7O/c1-18-6-5-7-21(26(18)30)28(32-2)25-22(31)10-8-19-17-33-29(35-27(19)25)34-23-11-9-20(16-24(23)38-4)37-14-12-36(3)13-15-37/h5-7,9,11,16-17H,8,10,12-15,31H2,1-4H3,(H,33,34,35). The molecule has 5 rings (SSSR count). The highest BCUT2D eigenvalue weighted by atomic mass is 35.5. The fourth-order valence-electron chi connectivity index (χ4n) is 5.04. The first-order valence-corrected chi connectivity index (χ1v) is 13.2. The number of piperazine rings is 1. The minimum atomic E-state index is 0.465. The van der Waals surface area contributed by atoms with Crippen LogP contribution in [0.2, 0.25) is 5.02 Å². The van der Waals surface area contributed by atoms with Crippen LogP contribution in [0.3, 0.4) is 0 Å². The normalized spacial score (nSPS) is 16.4. The van der Waals surface area contributed by atoms with E-state index >= 15 is 0 Å². The summed E-state index contributed by atoms with van der Waals surface area (Å²) >= 11 is 6.70. The van der Waals surface area contributed by atoms with Gasteiger partial charge in [-0.1, -0.05) is 29.8 Å². The molecule has 0 bridgehead atoms. The molecule has 1 saturated heterocycles. The van der Waals surface area contributed by atoms with Gasteiger partial charge in [0.2, 0.25) is 5.95 Å². The van der Waals surface area contributed by atoms with Gasteiger partial charge in [0.1, 0.15) is 5.75 Å². The Morgan fingerprint density at radius 2 is 1.92 bits per heavy atom. The van der Waals surface area contributed by atoms with Crippen molar-refractivity contribution in [2.75, 3.05) is 57.6 Å². The largest absolute Gasteiger partial charge is 0.494 e. The Balaban J connectivity index is 1.47. The van der Waals surface area contributed by atoms with Gasteiger partial charge in [-0.25, -0.2) is 9.97 Å². The highest BCUT2D eigenvalue weighted by molar-refractivity contribution is 6.41. The molecule has 0 radical (unpaired) electrons. The Kier molecular flexibility index (Phi) is 7.53. The predicted molar refractivity (Wildman–Crippen MR) is 156 cm³/mol. The average molecular weight is 532 g/mol. The van der Waals surface area contributed by atoms with Crippen LogP contribution in [0.5, 0.6) is 5.75 Å². The molecule has 9 heteroatoms. The molecule has 2 aliphatic rings. The Bertz CT molecular complexity index is 1410. The van der Waals surface area contributed by atoms with Gasteiger partial charge in [0.05, 0.1) is 29.2 Å². The molecule has 38 heavy (non-hydrogen) atoms. The van der Waals surface area contributed by atoms with Gasteiger partial charge in [-0.15, -0.1) is 0 Å². The quantitative estimate of drug-likeness (QED) is 0.446. The number of rotatable bonds is 6. The number of ether oxygens (including phenoxy) is 1. The Morgan fingerprint density at radius 1 is 1.13 bits per heavy atom. The molecule has 2 aromatic carbocycles. The first kappa shape index (κ1) is 26.0. The van der Waals surface area contributed by atoms with Gasteiger partial charge in [-0.05, 0) is 50.1 Å². The number of aliphatic imine (C=N–C) groups is 1. The zero-order valence-electron chi connectivity index (χ0n) is 22.4. The van der Waals surface area contributed by atoms with Gasteiger partial charge in [0.25, 0.3) is 0 Å². The third kappa shape index (κ3) is 5.06. The lowest BCUT2D eigenvalue weighted by Gasteiger charge is -2.34. The molecular formula is C29H34ClN7O. The van der Waals surface area contributed by atoms with Crippen LogP contribution >= 0.6 is 11.6 Å². The van der Waals surface area contributed by atoms with Crippen molar-refractivity contribution in [1.29, 1.82) is 0 Å². The van der Waals surface area contributed by atoms with E-state index in [-0.39, 0.29) is 0 Å². The van der Waals surface area contributed by atoms with Crippen LogP contribution in [-0.2, 0) is 6.42 Å². The zero-order chi connectivity index (χ0) is 26.8. The highest BCUT2D eigenvalue weighted by Gasteiger charge is 2.26. The molecule has 1 aromatic heterocycles. The van der Waals surface area contributed by atoms with Gasteiger partial charge in [0.15, 0.2) is 0 Å². The van der Waals surface area contributed by atoms with Gasteiger partial charge in [0, 0.05) is 68.0 Å². The lowest BCUT2D eigenvalue weighted by atomic mass is 9.88. The maximum atomic E-state index is 6.70. The number of fused-ring (bicyclic) bond motifs is 1. The van der Waals surface area contributed by atoms with Crippen LogP contribution in [-0.4, -0.2) is 68.0 Å². The van der Waals surface area contributed by atoms with Crippen molar-refractivity contribution in [1.82, 2.24) is 14.9 Å². The third-order valence-electron chi connectivity index (χ3n) is 7.29. The van der Waals surface area contributed by atoms with E-state index in [0.717, 1.165) is 89.1 Å². The van der Waals surface area contributed by atoms with E-state index in [9.17, 15) is 0 Å². The molecule has 8 nitrogen and oxygen atoms in total. The number of hydrogen-bond acceptors (Lipinski definition) is 8. The van der Waals surface area contributed by atoms with Crippen molar-refractivity contribution in [2.45, 2.75) is 19.8 Å². The summed E-state index contributed by atoms with van der Waals surface area (Å²) in [6.07, 6.45) is 3.35. The summed E-state index contributed by atoms with van der Waals surface area (Å²) in [6.45, 7) is 6.05. The fraction of sp³-hybridized carbons (Fsp3) is 0.345. The fourth-order valence-corrected chi connectivity index (χ4v) is 5.25. The maximum Gasteiger partial charge on any atom is 0.227 e. The Morgan fingerprint density at radius 3 is 2.66 bits per heavy atom. The van der Waals surface area contributed by atoms with Crippen LogP contribution in [0.25, 0.3) is 5.57 Å². The van der Waals surface area contributed by atoms with Crippen LogP contribution in [0.1, 0.15) is 28.8 Å². The second-order valence-electron chi connectivity index (χ2n) is 9.78.